The third-order valence-electron chi connectivity index (χ3n) is 4.25. The summed E-state index contributed by atoms with van der Waals surface area (Å²) < 4.78 is 31.6. The van der Waals surface area contributed by atoms with Crippen molar-refractivity contribution < 1.29 is 13.2 Å². The largest absolute Gasteiger partial charge is 0.378 e. The first kappa shape index (κ1) is 18.2. The second kappa shape index (κ2) is 7.40. The van der Waals surface area contributed by atoms with Crippen molar-refractivity contribution in [2.24, 2.45) is 5.41 Å². The van der Waals surface area contributed by atoms with Crippen LogP contribution in [0, 0.1) is 5.41 Å². The van der Waals surface area contributed by atoms with Gasteiger partial charge >= 0.3 is 0 Å². The Kier molecular flexibility index (Phi) is 6.73. The van der Waals surface area contributed by atoms with Gasteiger partial charge in [0.15, 0.2) is 0 Å². The third kappa shape index (κ3) is 4.56. The fourth-order valence-electron chi connectivity index (χ4n) is 3.01. The van der Waals surface area contributed by atoms with Gasteiger partial charge in [-0.25, -0.2) is 12.7 Å². The van der Waals surface area contributed by atoms with E-state index in [4.69, 9.17) is 4.74 Å². The summed E-state index contributed by atoms with van der Waals surface area (Å²) >= 11 is 0. The maximum Gasteiger partial charge on any atom is 0.216 e. The molecular weight excluding hydrogens is 300 g/mol. The molecule has 120 valence electrons. The quantitative estimate of drug-likeness (QED) is 0.826. The molecule has 0 amide bonds. The number of hydrogen-bond acceptors (Lipinski definition) is 4. The van der Waals surface area contributed by atoms with Crippen LogP contribution in [0.5, 0.6) is 0 Å². The molecule has 1 N–H and O–H groups in total. The van der Waals surface area contributed by atoms with Crippen LogP contribution < -0.4 is 5.32 Å². The first-order valence-electron chi connectivity index (χ1n) is 7.24. The Morgan fingerprint density at radius 3 is 2.50 bits per heavy atom. The van der Waals surface area contributed by atoms with Gasteiger partial charge in [0.2, 0.25) is 10.0 Å². The maximum atomic E-state index is 12.3. The van der Waals surface area contributed by atoms with Crippen LogP contribution in [-0.4, -0.2) is 57.4 Å². The maximum absolute atomic E-state index is 12.3. The van der Waals surface area contributed by atoms with Gasteiger partial charge in [-0.05, 0) is 51.6 Å². The Balaban J connectivity index is 0.00000200. The topological polar surface area (TPSA) is 58.6 Å². The van der Waals surface area contributed by atoms with Gasteiger partial charge in [-0.3, -0.25) is 0 Å². The monoisotopic (exact) mass is 326 g/mol. The molecule has 2 heterocycles. The summed E-state index contributed by atoms with van der Waals surface area (Å²) in [6, 6.07) is 0. The summed E-state index contributed by atoms with van der Waals surface area (Å²) in [6.07, 6.45) is 3.30. The number of rotatable bonds is 5. The van der Waals surface area contributed by atoms with Gasteiger partial charge < -0.3 is 10.1 Å². The highest BCUT2D eigenvalue weighted by Gasteiger charge is 2.42. The van der Waals surface area contributed by atoms with Crippen molar-refractivity contribution in [3.8, 4) is 0 Å². The number of ether oxygens (including phenoxy) is 1. The second-order valence-electron chi connectivity index (χ2n) is 6.07. The highest BCUT2D eigenvalue weighted by Crippen LogP contribution is 2.39. The Labute approximate surface area is 128 Å². The lowest BCUT2D eigenvalue weighted by atomic mass is 9.78. The van der Waals surface area contributed by atoms with E-state index < -0.39 is 10.0 Å². The van der Waals surface area contributed by atoms with Crippen LogP contribution in [0.1, 0.15) is 33.1 Å². The first-order chi connectivity index (χ1) is 8.94. The van der Waals surface area contributed by atoms with Crippen molar-refractivity contribution in [2.75, 3.05) is 38.5 Å². The summed E-state index contributed by atoms with van der Waals surface area (Å²) in [5.41, 5.74) is 0.233. The minimum Gasteiger partial charge on any atom is -0.378 e. The minimum atomic E-state index is -3.14. The number of halogens is 1. The summed E-state index contributed by atoms with van der Waals surface area (Å²) in [5, 5.41) is 3.35. The predicted octanol–water partition coefficient (Wildman–Crippen LogP) is 1.24. The smallest absolute Gasteiger partial charge is 0.216 e. The van der Waals surface area contributed by atoms with Gasteiger partial charge in [0, 0.05) is 13.1 Å². The van der Waals surface area contributed by atoms with Crippen LogP contribution in [-0.2, 0) is 14.8 Å². The summed E-state index contributed by atoms with van der Waals surface area (Å²) in [6.45, 7) is 7.57. The third-order valence-corrected chi connectivity index (χ3v) is 6.03. The fraction of sp³-hybridized carbons (Fsp3) is 1.00. The molecule has 1 spiro atoms. The van der Waals surface area contributed by atoms with Crippen LogP contribution >= 0.6 is 12.4 Å². The molecule has 0 atom stereocenters. The first-order valence-corrected chi connectivity index (χ1v) is 8.85. The number of hydrogen-bond donors (Lipinski definition) is 1. The standard InChI is InChI=1S/C13H26N2O3S.ClH/c1-12(2)18-9-10-19(16,17)15-8-5-13(11-15)3-6-14-7-4-13;/h12,14H,3-11H2,1-2H3;1H. The zero-order valence-electron chi connectivity index (χ0n) is 12.4. The zero-order chi connectivity index (χ0) is 13.9. The van der Waals surface area contributed by atoms with Gasteiger partial charge in [0.1, 0.15) is 0 Å². The molecule has 5 nitrogen and oxygen atoms in total. The lowest BCUT2D eigenvalue weighted by Gasteiger charge is -2.33. The molecule has 2 saturated heterocycles. The molecule has 0 aromatic rings. The van der Waals surface area contributed by atoms with Gasteiger partial charge in [-0.1, -0.05) is 0 Å². The van der Waals surface area contributed by atoms with Crippen molar-refractivity contribution in [3.05, 3.63) is 0 Å². The Morgan fingerprint density at radius 1 is 1.25 bits per heavy atom. The zero-order valence-corrected chi connectivity index (χ0v) is 14.1. The van der Waals surface area contributed by atoms with E-state index in [-0.39, 0.29) is 29.7 Å². The normalized spacial score (nSPS) is 23.1. The van der Waals surface area contributed by atoms with Gasteiger partial charge in [0.05, 0.1) is 18.5 Å². The van der Waals surface area contributed by atoms with Crippen molar-refractivity contribution in [3.63, 3.8) is 0 Å². The molecule has 0 aliphatic carbocycles. The molecule has 0 radical (unpaired) electrons. The van der Waals surface area contributed by atoms with E-state index in [1.165, 1.54) is 0 Å². The lowest BCUT2D eigenvalue weighted by Crippen LogP contribution is -2.40. The molecule has 0 aromatic carbocycles. The van der Waals surface area contributed by atoms with Crippen molar-refractivity contribution >= 4 is 22.4 Å². The Hall–Kier alpha value is 0.120. The average Bonchev–Trinajstić information content (AvgIpc) is 2.74. The van der Waals surface area contributed by atoms with E-state index in [1.807, 2.05) is 13.8 Å². The van der Waals surface area contributed by atoms with Crippen LogP contribution in [0.25, 0.3) is 0 Å². The highest BCUT2D eigenvalue weighted by atomic mass is 35.5. The number of piperidine rings is 1. The highest BCUT2D eigenvalue weighted by molar-refractivity contribution is 7.89. The molecule has 2 aliphatic rings. The van der Waals surface area contributed by atoms with E-state index in [9.17, 15) is 8.42 Å². The lowest BCUT2D eigenvalue weighted by molar-refractivity contribution is 0.0907. The molecule has 0 aromatic heterocycles. The molecule has 0 bridgehead atoms. The Morgan fingerprint density at radius 2 is 1.90 bits per heavy atom. The van der Waals surface area contributed by atoms with Gasteiger partial charge in [-0.2, -0.15) is 0 Å². The van der Waals surface area contributed by atoms with E-state index in [0.717, 1.165) is 32.4 Å². The summed E-state index contributed by atoms with van der Waals surface area (Å²) in [5.74, 6) is 0.111. The minimum absolute atomic E-state index is 0. The molecular formula is C13H27ClN2O3S. The van der Waals surface area contributed by atoms with Crippen LogP contribution in [0.3, 0.4) is 0 Å². The summed E-state index contributed by atoms with van der Waals surface area (Å²) in [4.78, 5) is 0. The SMILES string of the molecule is CC(C)OCCS(=O)(=O)N1CCC2(CCNCC2)C1.Cl. The molecule has 2 rings (SSSR count). The number of sulfonamides is 1. The van der Waals surface area contributed by atoms with Crippen molar-refractivity contribution in [1.82, 2.24) is 9.62 Å². The molecule has 20 heavy (non-hydrogen) atoms. The number of nitrogens with zero attached hydrogens (tertiary/aromatic N) is 1. The molecule has 2 fully saturated rings. The van der Waals surface area contributed by atoms with E-state index in [0.29, 0.717) is 19.7 Å². The fourth-order valence-corrected chi connectivity index (χ4v) is 4.42. The van der Waals surface area contributed by atoms with Crippen molar-refractivity contribution in [2.45, 2.75) is 39.2 Å². The molecule has 7 heteroatoms. The van der Waals surface area contributed by atoms with Crippen LogP contribution in [0.4, 0.5) is 0 Å². The number of nitrogens with one attached hydrogen (secondary N) is 1. The van der Waals surface area contributed by atoms with E-state index in [1.54, 1.807) is 4.31 Å². The van der Waals surface area contributed by atoms with Gasteiger partial charge in [0.25, 0.3) is 0 Å². The van der Waals surface area contributed by atoms with E-state index >= 15 is 0 Å². The molecule has 2 aliphatic heterocycles. The second-order valence-corrected chi connectivity index (χ2v) is 8.16. The average molecular weight is 327 g/mol. The van der Waals surface area contributed by atoms with Crippen molar-refractivity contribution in [1.29, 1.82) is 0 Å². The van der Waals surface area contributed by atoms with E-state index in [2.05, 4.69) is 5.32 Å². The molecule has 0 unspecified atom stereocenters. The predicted molar refractivity (Wildman–Crippen MR) is 82.8 cm³/mol. The van der Waals surface area contributed by atoms with Crippen LogP contribution in [0.15, 0.2) is 0 Å². The molecule has 0 saturated carbocycles. The summed E-state index contributed by atoms with van der Waals surface area (Å²) in [7, 11) is -3.14. The van der Waals surface area contributed by atoms with Crippen LogP contribution in [0.2, 0.25) is 0 Å². The van der Waals surface area contributed by atoms with Gasteiger partial charge in [-0.15, -0.1) is 12.4 Å². The Bertz CT molecular complexity index is 394.